The number of hydrogen-bond donors (Lipinski definition) is 0. The quantitative estimate of drug-likeness (QED) is 0.435. The normalized spacial score (nSPS) is 0. The Bertz CT molecular complexity index is 3.61. The van der Waals surface area contributed by atoms with Gasteiger partial charge in [0.25, 0.3) is 0 Å². The minimum atomic E-state index is 0. The maximum atomic E-state index is 0. The van der Waals surface area contributed by atoms with Crippen LogP contribution in [0, 0.1) is 0 Å². The molecule has 0 aromatic heterocycles. The van der Waals surface area contributed by atoms with Crippen molar-refractivity contribution in [3.63, 3.8) is 0 Å². The molecule has 1 radical (unpaired) electrons. The molecule has 0 aromatic carbocycles. The summed E-state index contributed by atoms with van der Waals surface area (Å²) in [5, 5.41) is 0. The van der Waals surface area contributed by atoms with E-state index in [9.17, 15) is 0 Å². The van der Waals surface area contributed by atoms with Crippen molar-refractivity contribution >= 4 is 0 Å². The average molecular weight is 161 g/mol. The Morgan fingerprint density at radius 1 is 0.400 bits per heavy atom. The van der Waals surface area contributed by atoms with Crippen LogP contribution in [0.25, 0.3) is 0 Å². The topological polar surface area (TPSA) is 120 Å². The molecule has 0 amide bonds. The molecule has 4 N–H and O–H groups in total. The summed E-state index contributed by atoms with van der Waals surface area (Å²) in [7, 11) is 0. The fourth-order valence-electron chi connectivity index (χ4n) is 0. The largest absolute Gasteiger partial charge is 4.00 e. The molecule has 0 spiro atoms. The van der Waals surface area contributed by atoms with Gasteiger partial charge in [0.1, 0.15) is 0 Å². The zero-order valence-corrected chi connectivity index (χ0v) is 4.43. The van der Waals surface area contributed by atoms with Crippen molar-refractivity contribution in [2.24, 2.45) is 0 Å². The van der Waals surface area contributed by atoms with Gasteiger partial charge in [0.05, 0.1) is 0 Å². The van der Waals surface area contributed by atoms with Gasteiger partial charge in [0.2, 0.25) is 0 Å². The standard InChI is InChI=1S/Nb.4H2O/h;4*1H2/q+4;;;;/p-4. The fourth-order valence-corrected chi connectivity index (χ4v) is 0. The first-order valence-corrected chi connectivity index (χ1v) is 0. The van der Waals surface area contributed by atoms with E-state index in [4.69, 9.17) is 0 Å². The van der Waals surface area contributed by atoms with Crippen molar-refractivity contribution in [2.45, 2.75) is 0 Å². The second-order valence-corrected chi connectivity index (χ2v) is 0. The third-order valence-electron chi connectivity index (χ3n) is 0. The summed E-state index contributed by atoms with van der Waals surface area (Å²) in [5.74, 6) is 0. The molecule has 0 aliphatic heterocycles. The van der Waals surface area contributed by atoms with Gasteiger partial charge in [-0.1, -0.05) is 0 Å². The van der Waals surface area contributed by atoms with Gasteiger partial charge in [-0.25, -0.2) is 0 Å². The summed E-state index contributed by atoms with van der Waals surface area (Å²) in [4.78, 5) is 0. The molecule has 4 nitrogen and oxygen atoms in total. The number of hydrogen-bond acceptors (Lipinski definition) is 4. The van der Waals surface area contributed by atoms with Gasteiger partial charge >= 0.3 is 22.4 Å². The van der Waals surface area contributed by atoms with Crippen molar-refractivity contribution < 1.29 is 44.3 Å². The molecule has 0 atom stereocenters. The molecule has 0 aliphatic carbocycles. The van der Waals surface area contributed by atoms with Gasteiger partial charge in [0.15, 0.2) is 0 Å². The summed E-state index contributed by atoms with van der Waals surface area (Å²) >= 11 is 0. The Hall–Kier alpha value is 0.580. The Kier molecular flexibility index (Phi) is 12100. The third kappa shape index (κ3) is 90.6. The van der Waals surface area contributed by atoms with Crippen molar-refractivity contribution in [3.8, 4) is 0 Å². The van der Waals surface area contributed by atoms with Gasteiger partial charge in [0, 0.05) is 0 Å². The molecule has 5 heteroatoms. The van der Waals surface area contributed by atoms with Gasteiger partial charge < -0.3 is 21.9 Å². The summed E-state index contributed by atoms with van der Waals surface area (Å²) in [6.07, 6.45) is 0. The molecule has 0 heterocycles. The van der Waals surface area contributed by atoms with E-state index in [0.29, 0.717) is 0 Å². The van der Waals surface area contributed by atoms with E-state index in [1.54, 1.807) is 0 Å². The van der Waals surface area contributed by atoms with Crippen molar-refractivity contribution in [2.75, 3.05) is 0 Å². The predicted octanol–water partition coefficient (Wildman–Crippen LogP) is -0.710. The molecule has 0 saturated heterocycles. The summed E-state index contributed by atoms with van der Waals surface area (Å²) in [6, 6.07) is 0. The maximum Gasteiger partial charge on any atom is 4.00 e. The van der Waals surface area contributed by atoms with E-state index < -0.39 is 0 Å². The van der Waals surface area contributed by atoms with Crippen LogP contribution in [-0.2, 0) is 22.4 Å². The van der Waals surface area contributed by atoms with Crippen LogP contribution in [-0.4, -0.2) is 21.9 Å². The molecule has 33 valence electrons. The van der Waals surface area contributed by atoms with Crippen LogP contribution in [0.5, 0.6) is 0 Å². The van der Waals surface area contributed by atoms with Gasteiger partial charge in [-0.05, 0) is 0 Å². The van der Waals surface area contributed by atoms with Crippen LogP contribution in [0.15, 0.2) is 0 Å². The Morgan fingerprint density at radius 2 is 0.400 bits per heavy atom. The molecule has 0 aliphatic rings. The first-order chi connectivity index (χ1) is 0. The molecule has 0 bridgehead atoms. The summed E-state index contributed by atoms with van der Waals surface area (Å²) < 4.78 is 0. The van der Waals surface area contributed by atoms with E-state index in [0.717, 1.165) is 0 Å². The minimum Gasteiger partial charge on any atom is -0.870 e. The van der Waals surface area contributed by atoms with Gasteiger partial charge in [-0.15, -0.1) is 0 Å². The van der Waals surface area contributed by atoms with Crippen LogP contribution in [0.2, 0.25) is 0 Å². The molecule has 0 aromatic rings. The van der Waals surface area contributed by atoms with Gasteiger partial charge in [-0.3, -0.25) is 0 Å². The number of rotatable bonds is 0. The van der Waals surface area contributed by atoms with E-state index in [2.05, 4.69) is 0 Å². The fraction of sp³-hybridized carbons (Fsp3) is 0. The Labute approximate surface area is 44.9 Å². The molecule has 5 heavy (non-hydrogen) atoms. The van der Waals surface area contributed by atoms with Crippen LogP contribution in [0.1, 0.15) is 0 Å². The maximum absolute atomic E-state index is 0. The first kappa shape index (κ1) is 348. The second kappa shape index (κ2) is 174. The smallest absolute Gasteiger partial charge is 0.870 e. The van der Waals surface area contributed by atoms with Crippen LogP contribution >= 0.6 is 0 Å². The van der Waals surface area contributed by atoms with Crippen LogP contribution < -0.4 is 0 Å². The van der Waals surface area contributed by atoms with E-state index in [1.807, 2.05) is 0 Å². The summed E-state index contributed by atoms with van der Waals surface area (Å²) in [5.41, 5.74) is 0. The summed E-state index contributed by atoms with van der Waals surface area (Å²) in [6.45, 7) is 0. The SMILES string of the molecule is [Nb+4].[OH-].[OH-].[OH-].[OH-]. The third-order valence-corrected chi connectivity index (χ3v) is 0. The van der Waals surface area contributed by atoms with E-state index in [-0.39, 0.29) is 44.3 Å². The predicted molar refractivity (Wildman–Crippen MR) is 7.74 cm³/mol. The molecule has 0 rings (SSSR count). The molecular formula is H4NbO4. The Morgan fingerprint density at radius 3 is 0.400 bits per heavy atom. The van der Waals surface area contributed by atoms with Crippen LogP contribution in [0.4, 0.5) is 0 Å². The second-order valence-electron chi connectivity index (χ2n) is 0. The molecule has 0 unspecified atom stereocenters. The first-order valence-electron chi connectivity index (χ1n) is 0. The average Bonchev–Trinajstić information content (AvgIpc) is 0. The zero-order valence-electron chi connectivity index (χ0n) is 2.24. The van der Waals surface area contributed by atoms with E-state index >= 15 is 0 Å². The van der Waals surface area contributed by atoms with Crippen molar-refractivity contribution in [1.82, 2.24) is 0 Å². The molecular weight excluding hydrogens is 157 g/mol. The minimum absolute atomic E-state index is 0. The van der Waals surface area contributed by atoms with Crippen LogP contribution in [0.3, 0.4) is 0 Å². The Balaban J connectivity index is 0. The monoisotopic (exact) mass is 161 g/mol. The van der Waals surface area contributed by atoms with Gasteiger partial charge in [-0.2, -0.15) is 0 Å². The van der Waals surface area contributed by atoms with E-state index in [1.165, 1.54) is 0 Å². The molecule has 0 fully saturated rings. The van der Waals surface area contributed by atoms with Crippen molar-refractivity contribution in [1.29, 1.82) is 0 Å². The molecule has 0 saturated carbocycles. The zero-order chi connectivity index (χ0) is 0. The van der Waals surface area contributed by atoms with Crippen molar-refractivity contribution in [3.05, 3.63) is 0 Å².